The molecule has 0 saturated heterocycles. The molecule has 2 rings (SSSR count). The van der Waals surface area contributed by atoms with Crippen LogP contribution in [0.1, 0.15) is 63.0 Å². The van der Waals surface area contributed by atoms with E-state index in [1.165, 1.54) is 43.2 Å². The van der Waals surface area contributed by atoms with E-state index in [1.807, 2.05) is 0 Å². The van der Waals surface area contributed by atoms with Crippen molar-refractivity contribution < 1.29 is 5.11 Å². The minimum atomic E-state index is 0.294. The lowest BCUT2D eigenvalue weighted by molar-refractivity contribution is 0.189. The minimum Gasteiger partial charge on any atom is -0.396 e. The summed E-state index contributed by atoms with van der Waals surface area (Å²) in [5.41, 5.74) is 2.89. The molecule has 0 radical (unpaired) electrons. The Bertz CT molecular complexity index is 360. The van der Waals surface area contributed by atoms with E-state index >= 15 is 0 Å². The molecule has 19 heavy (non-hydrogen) atoms. The minimum absolute atomic E-state index is 0.294. The van der Waals surface area contributed by atoms with Gasteiger partial charge in [0.2, 0.25) is 0 Å². The Morgan fingerprint density at radius 3 is 2.21 bits per heavy atom. The summed E-state index contributed by atoms with van der Waals surface area (Å²) in [5.74, 6) is 1.73. The fourth-order valence-corrected chi connectivity index (χ4v) is 3.18. The smallest absolute Gasteiger partial charge is 0.0464 e. The van der Waals surface area contributed by atoms with Gasteiger partial charge in [0.25, 0.3) is 0 Å². The van der Waals surface area contributed by atoms with E-state index in [0.717, 1.165) is 12.3 Å². The quantitative estimate of drug-likeness (QED) is 0.824. The van der Waals surface area contributed by atoms with Gasteiger partial charge in [-0.15, -0.1) is 0 Å². The van der Waals surface area contributed by atoms with Crippen LogP contribution in [0.15, 0.2) is 24.3 Å². The number of benzene rings is 1. The summed E-state index contributed by atoms with van der Waals surface area (Å²) in [6.45, 7) is 4.68. The van der Waals surface area contributed by atoms with Crippen LogP contribution in [0.3, 0.4) is 0 Å². The van der Waals surface area contributed by atoms with Crippen LogP contribution < -0.4 is 0 Å². The number of aliphatic hydroxyl groups excluding tert-OH is 1. The van der Waals surface area contributed by atoms with Crippen LogP contribution in [-0.4, -0.2) is 11.7 Å². The van der Waals surface area contributed by atoms with E-state index < -0.39 is 0 Å². The van der Waals surface area contributed by atoms with Gasteiger partial charge in [-0.25, -0.2) is 0 Å². The average molecular weight is 260 g/mol. The van der Waals surface area contributed by atoms with Gasteiger partial charge in [0.05, 0.1) is 0 Å². The van der Waals surface area contributed by atoms with Gasteiger partial charge < -0.3 is 5.11 Å². The lowest BCUT2D eigenvalue weighted by Crippen LogP contribution is -2.16. The first kappa shape index (κ1) is 14.6. The molecule has 1 heteroatoms. The second-order valence-corrected chi connectivity index (χ2v) is 6.47. The Hall–Kier alpha value is -0.820. The molecule has 0 heterocycles. The largest absolute Gasteiger partial charge is 0.396 e. The molecule has 0 aromatic heterocycles. The van der Waals surface area contributed by atoms with Gasteiger partial charge in [-0.1, -0.05) is 57.4 Å². The van der Waals surface area contributed by atoms with Gasteiger partial charge in [-0.05, 0) is 48.1 Å². The molecule has 1 aromatic carbocycles. The topological polar surface area (TPSA) is 20.2 Å². The van der Waals surface area contributed by atoms with Crippen molar-refractivity contribution >= 4 is 0 Å². The highest BCUT2D eigenvalue weighted by Crippen LogP contribution is 2.32. The first-order valence-corrected chi connectivity index (χ1v) is 7.90. The second-order valence-electron chi connectivity index (χ2n) is 6.47. The SMILES string of the molecule is CC(C)C(CO)Cc1ccc(C2CCCCC2)cc1. The van der Waals surface area contributed by atoms with Crippen molar-refractivity contribution in [2.75, 3.05) is 6.61 Å². The maximum absolute atomic E-state index is 9.42. The highest BCUT2D eigenvalue weighted by atomic mass is 16.3. The van der Waals surface area contributed by atoms with Crippen molar-refractivity contribution in [1.82, 2.24) is 0 Å². The Morgan fingerprint density at radius 2 is 1.68 bits per heavy atom. The van der Waals surface area contributed by atoms with Gasteiger partial charge in [-0.3, -0.25) is 0 Å². The monoisotopic (exact) mass is 260 g/mol. The zero-order chi connectivity index (χ0) is 13.7. The summed E-state index contributed by atoms with van der Waals surface area (Å²) in [5, 5.41) is 9.42. The first-order chi connectivity index (χ1) is 9.20. The van der Waals surface area contributed by atoms with Crippen LogP contribution in [0.2, 0.25) is 0 Å². The van der Waals surface area contributed by atoms with Crippen molar-refractivity contribution in [3.63, 3.8) is 0 Å². The van der Waals surface area contributed by atoms with E-state index in [1.54, 1.807) is 0 Å². The van der Waals surface area contributed by atoms with Crippen LogP contribution in [0, 0.1) is 11.8 Å². The summed E-state index contributed by atoms with van der Waals surface area (Å²) in [6, 6.07) is 9.18. The van der Waals surface area contributed by atoms with Gasteiger partial charge in [-0.2, -0.15) is 0 Å². The number of hydrogen-bond donors (Lipinski definition) is 1. The molecule has 1 aromatic rings. The Balaban J connectivity index is 1.97. The Kier molecular flexibility index (Phi) is 5.45. The molecule has 0 spiro atoms. The maximum atomic E-state index is 9.42. The predicted molar refractivity (Wildman–Crippen MR) is 81.4 cm³/mol. The van der Waals surface area contributed by atoms with Gasteiger partial charge >= 0.3 is 0 Å². The zero-order valence-corrected chi connectivity index (χ0v) is 12.4. The summed E-state index contributed by atoms with van der Waals surface area (Å²) in [4.78, 5) is 0. The molecule has 0 bridgehead atoms. The Morgan fingerprint density at radius 1 is 1.05 bits per heavy atom. The number of aliphatic hydroxyl groups is 1. The lowest BCUT2D eigenvalue weighted by Gasteiger charge is -2.22. The molecule has 1 atom stereocenters. The molecular weight excluding hydrogens is 232 g/mol. The normalized spacial score (nSPS) is 18.7. The van der Waals surface area contributed by atoms with Crippen molar-refractivity contribution in [1.29, 1.82) is 0 Å². The molecule has 1 unspecified atom stereocenters. The molecule has 1 saturated carbocycles. The molecule has 0 aliphatic heterocycles. The van der Waals surface area contributed by atoms with Gasteiger partial charge in [0, 0.05) is 6.61 Å². The highest BCUT2D eigenvalue weighted by Gasteiger charge is 2.16. The van der Waals surface area contributed by atoms with Gasteiger partial charge in [0.1, 0.15) is 0 Å². The lowest BCUT2D eigenvalue weighted by atomic mass is 9.83. The van der Waals surface area contributed by atoms with E-state index in [-0.39, 0.29) is 0 Å². The zero-order valence-electron chi connectivity index (χ0n) is 12.4. The fourth-order valence-electron chi connectivity index (χ4n) is 3.18. The summed E-state index contributed by atoms with van der Waals surface area (Å²) in [6.07, 6.45) is 7.94. The average Bonchev–Trinajstić information content (AvgIpc) is 2.46. The third-order valence-corrected chi connectivity index (χ3v) is 4.73. The third-order valence-electron chi connectivity index (χ3n) is 4.73. The number of rotatable bonds is 5. The Labute approximate surface area is 118 Å². The predicted octanol–water partition coefficient (Wildman–Crippen LogP) is 4.54. The highest BCUT2D eigenvalue weighted by molar-refractivity contribution is 5.26. The molecule has 1 aliphatic carbocycles. The van der Waals surface area contributed by atoms with E-state index in [2.05, 4.69) is 38.1 Å². The molecular formula is C18H28O. The van der Waals surface area contributed by atoms with Crippen molar-refractivity contribution in [3.8, 4) is 0 Å². The van der Waals surface area contributed by atoms with Crippen molar-refractivity contribution in [2.24, 2.45) is 11.8 Å². The summed E-state index contributed by atoms with van der Waals surface area (Å²) >= 11 is 0. The molecule has 1 N–H and O–H groups in total. The standard InChI is InChI=1S/C18H28O/c1-14(2)18(13-19)12-15-8-10-17(11-9-15)16-6-4-3-5-7-16/h8-11,14,16,18-19H,3-7,12-13H2,1-2H3. The molecule has 1 nitrogen and oxygen atoms in total. The van der Waals surface area contributed by atoms with E-state index in [0.29, 0.717) is 18.4 Å². The fraction of sp³-hybridized carbons (Fsp3) is 0.667. The molecule has 1 aliphatic rings. The van der Waals surface area contributed by atoms with Crippen LogP contribution >= 0.6 is 0 Å². The number of hydrogen-bond acceptors (Lipinski definition) is 1. The van der Waals surface area contributed by atoms with Crippen molar-refractivity contribution in [2.45, 2.75) is 58.3 Å². The molecule has 106 valence electrons. The molecule has 0 amide bonds. The van der Waals surface area contributed by atoms with Crippen LogP contribution in [0.5, 0.6) is 0 Å². The van der Waals surface area contributed by atoms with E-state index in [9.17, 15) is 5.11 Å². The van der Waals surface area contributed by atoms with Crippen LogP contribution in [-0.2, 0) is 6.42 Å². The maximum Gasteiger partial charge on any atom is 0.0464 e. The van der Waals surface area contributed by atoms with Crippen LogP contribution in [0.4, 0.5) is 0 Å². The van der Waals surface area contributed by atoms with Crippen LogP contribution in [0.25, 0.3) is 0 Å². The first-order valence-electron chi connectivity index (χ1n) is 7.90. The molecule has 1 fully saturated rings. The third kappa shape index (κ3) is 4.07. The summed E-state index contributed by atoms with van der Waals surface area (Å²) < 4.78 is 0. The summed E-state index contributed by atoms with van der Waals surface area (Å²) in [7, 11) is 0. The van der Waals surface area contributed by atoms with Crippen molar-refractivity contribution in [3.05, 3.63) is 35.4 Å². The second kappa shape index (κ2) is 7.09. The van der Waals surface area contributed by atoms with E-state index in [4.69, 9.17) is 0 Å². The van der Waals surface area contributed by atoms with Gasteiger partial charge in [0.15, 0.2) is 0 Å².